The van der Waals surface area contributed by atoms with Crippen molar-refractivity contribution in [2.24, 2.45) is 0 Å². The molecular weight excluding hydrogens is 232 g/mol. The molecule has 18 heavy (non-hydrogen) atoms. The maximum absolute atomic E-state index is 11.7. The van der Waals surface area contributed by atoms with Crippen LogP contribution in [0.2, 0.25) is 0 Å². The van der Waals surface area contributed by atoms with E-state index in [0.717, 1.165) is 10.9 Å². The molecule has 3 aromatic rings. The molecule has 5 nitrogen and oxygen atoms in total. The van der Waals surface area contributed by atoms with Crippen LogP contribution in [-0.2, 0) is 0 Å². The van der Waals surface area contributed by atoms with Crippen molar-refractivity contribution >= 4 is 27.8 Å². The number of fused-ring (bicyclic) bond motifs is 3. The Bertz CT molecular complexity index is 836. The van der Waals surface area contributed by atoms with E-state index in [1.54, 1.807) is 24.4 Å². The van der Waals surface area contributed by atoms with Gasteiger partial charge in [0.15, 0.2) is 0 Å². The number of rotatable bonds is 1. The van der Waals surface area contributed by atoms with Crippen molar-refractivity contribution in [2.75, 3.05) is 0 Å². The van der Waals surface area contributed by atoms with E-state index in [-0.39, 0.29) is 5.56 Å². The zero-order chi connectivity index (χ0) is 12.7. The molecule has 0 aliphatic rings. The van der Waals surface area contributed by atoms with Crippen LogP contribution < -0.4 is 5.56 Å². The van der Waals surface area contributed by atoms with E-state index in [0.29, 0.717) is 10.9 Å². The summed E-state index contributed by atoms with van der Waals surface area (Å²) in [5, 5.41) is 10.4. The summed E-state index contributed by atoms with van der Waals surface area (Å²) in [7, 11) is 0. The molecule has 2 heterocycles. The van der Waals surface area contributed by atoms with Crippen molar-refractivity contribution in [3.8, 4) is 0 Å². The molecule has 0 aliphatic carbocycles. The molecule has 0 amide bonds. The number of aromatic nitrogens is 2. The van der Waals surface area contributed by atoms with Crippen LogP contribution >= 0.6 is 0 Å². The second-order valence-corrected chi connectivity index (χ2v) is 3.92. The van der Waals surface area contributed by atoms with Gasteiger partial charge in [-0.2, -0.15) is 0 Å². The van der Waals surface area contributed by atoms with Crippen molar-refractivity contribution in [1.29, 1.82) is 0 Å². The van der Waals surface area contributed by atoms with Gasteiger partial charge in [-0.1, -0.05) is 6.07 Å². The second kappa shape index (κ2) is 3.66. The van der Waals surface area contributed by atoms with Crippen molar-refractivity contribution in [1.82, 2.24) is 9.97 Å². The molecule has 0 saturated heterocycles. The Labute approximate surface area is 101 Å². The van der Waals surface area contributed by atoms with Gasteiger partial charge in [0.25, 0.3) is 5.56 Å². The summed E-state index contributed by atoms with van der Waals surface area (Å²) in [5.74, 6) is -1.23. The molecule has 3 rings (SSSR count). The number of hydrogen-bond donors (Lipinski definition) is 2. The van der Waals surface area contributed by atoms with Gasteiger partial charge in [0.1, 0.15) is 5.56 Å². The number of carboxylic acids is 1. The van der Waals surface area contributed by atoms with Crippen LogP contribution in [-0.4, -0.2) is 21.0 Å². The molecule has 0 aliphatic heterocycles. The number of carbonyl (C=O) groups is 1. The minimum atomic E-state index is -1.23. The Hall–Kier alpha value is -2.69. The van der Waals surface area contributed by atoms with Crippen molar-refractivity contribution < 1.29 is 9.90 Å². The average Bonchev–Trinajstić information content (AvgIpc) is 2.37. The molecule has 0 bridgehead atoms. The van der Waals surface area contributed by atoms with E-state index in [4.69, 9.17) is 5.11 Å². The number of hydrogen-bond acceptors (Lipinski definition) is 3. The summed E-state index contributed by atoms with van der Waals surface area (Å²) in [6, 6.07) is 8.52. The molecule has 1 aromatic carbocycles. The first-order valence-electron chi connectivity index (χ1n) is 5.31. The predicted molar refractivity (Wildman–Crippen MR) is 66.8 cm³/mol. The van der Waals surface area contributed by atoms with Gasteiger partial charge in [-0.15, -0.1) is 0 Å². The highest BCUT2D eigenvalue weighted by atomic mass is 16.4. The third-order valence-electron chi connectivity index (χ3n) is 2.83. The monoisotopic (exact) mass is 240 g/mol. The molecule has 0 fully saturated rings. The lowest BCUT2D eigenvalue weighted by molar-refractivity contribution is 0.0695. The van der Waals surface area contributed by atoms with E-state index in [9.17, 15) is 9.59 Å². The van der Waals surface area contributed by atoms with Gasteiger partial charge in [-0.3, -0.25) is 9.78 Å². The Morgan fingerprint density at radius 1 is 1.28 bits per heavy atom. The minimum Gasteiger partial charge on any atom is -0.477 e. The molecule has 0 saturated carbocycles. The number of nitrogens with zero attached hydrogens (tertiary/aromatic N) is 1. The fourth-order valence-electron chi connectivity index (χ4n) is 1.99. The van der Waals surface area contributed by atoms with E-state index < -0.39 is 11.5 Å². The van der Waals surface area contributed by atoms with Gasteiger partial charge in [0.2, 0.25) is 0 Å². The third-order valence-corrected chi connectivity index (χ3v) is 2.83. The van der Waals surface area contributed by atoms with E-state index in [1.807, 2.05) is 6.07 Å². The molecule has 2 aromatic heterocycles. The smallest absolute Gasteiger partial charge is 0.341 e. The highest BCUT2D eigenvalue weighted by Gasteiger charge is 2.11. The molecule has 0 radical (unpaired) electrons. The van der Waals surface area contributed by atoms with Crippen LogP contribution in [0.4, 0.5) is 0 Å². The van der Waals surface area contributed by atoms with Crippen LogP contribution in [0.5, 0.6) is 0 Å². The van der Waals surface area contributed by atoms with Crippen LogP contribution in [0, 0.1) is 0 Å². The van der Waals surface area contributed by atoms with Crippen LogP contribution in [0.3, 0.4) is 0 Å². The van der Waals surface area contributed by atoms with Gasteiger partial charge in [-0.05, 0) is 29.7 Å². The molecule has 0 unspecified atom stereocenters. The van der Waals surface area contributed by atoms with Crippen LogP contribution in [0.1, 0.15) is 10.4 Å². The summed E-state index contributed by atoms with van der Waals surface area (Å²) in [4.78, 5) is 29.3. The molecule has 2 N–H and O–H groups in total. The van der Waals surface area contributed by atoms with Crippen LogP contribution in [0.25, 0.3) is 21.8 Å². The fraction of sp³-hybridized carbons (Fsp3) is 0. The minimum absolute atomic E-state index is 0.259. The summed E-state index contributed by atoms with van der Waals surface area (Å²) in [6.07, 6.45) is 1.66. The Morgan fingerprint density at radius 2 is 2.11 bits per heavy atom. The Morgan fingerprint density at radius 3 is 2.89 bits per heavy atom. The summed E-state index contributed by atoms with van der Waals surface area (Å²) in [6.45, 7) is 0. The van der Waals surface area contributed by atoms with Crippen LogP contribution in [0.15, 0.2) is 41.3 Å². The maximum Gasteiger partial charge on any atom is 0.341 e. The zero-order valence-corrected chi connectivity index (χ0v) is 9.18. The average molecular weight is 240 g/mol. The molecule has 0 spiro atoms. The lowest BCUT2D eigenvalue weighted by Gasteiger charge is -2.03. The second-order valence-electron chi connectivity index (χ2n) is 3.92. The van der Waals surface area contributed by atoms with Crippen molar-refractivity contribution in [2.45, 2.75) is 0 Å². The quantitative estimate of drug-likeness (QED) is 0.635. The van der Waals surface area contributed by atoms with Gasteiger partial charge < -0.3 is 10.1 Å². The number of benzene rings is 1. The summed E-state index contributed by atoms with van der Waals surface area (Å²) >= 11 is 0. The number of pyridine rings is 2. The first kappa shape index (κ1) is 10.5. The Kier molecular flexibility index (Phi) is 2.13. The highest BCUT2D eigenvalue weighted by molar-refractivity contribution is 6.05. The number of nitrogens with one attached hydrogen (secondary N) is 1. The fourth-order valence-corrected chi connectivity index (χ4v) is 1.99. The lowest BCUT2D eigenvalue weighted by Crippen LogP contribution is -2.17. The zero-order valence-electron chi connectivity index (χ0n) is 9.18. The van der Waals surface area contributed by atoms with Gasteiger partial charge in [0.05, 0.1) is 11.0 Å². The lowest BCUT2D eigenvalue weighted by atomic mass is 10.1. The first-order chi connectivity index (χ1) is 8.66. The number of H-pyrrole nitrogens is 1. The standard InChI is InChI=1S/C13H8N2O3/c16-12-9(13(17)18)6-7-3-4-10-8(11(7)15-12)2-1-5-14-10/h1-6H,(H,15,16)(H,17,18). The van der Waals surface area contributed by atoms with E-state index in [1.165, 1.54) is 6.07 Å². The van der Waals surface area contributed by atoms with E-state index >= 15 is 0 Å². The number of aromatic amines is 1. The van der Waals surface area contributed by atoms with E-state index in [2.05, 4.69) is 9.97 Å². The SMILES string of the molecule is O=C(O)c1cc2ccc3ncccc3c2[nH]c1=O. The Balaban J connectivity index is 2.50. The highest BCUT2D eigenvalue weighted by Crippen LogP contribution is 2.21. The predicted octanol–water partition coefficient (Wildman–Crippen LogP) is 1.77. The normalized spacial score (nSPS) is 10.9. The van der Waals surface area contributed by atoms with Gasteiger partial charge >= 0.3 is 5.97 Å². The van der Waals surface area contributed by atoms with Gasteiger partial charge in [-0.25, -0.2) is 4.79 Å². The molecule has 5 heteroatoms. The first-order valence-corrected chi connectivity index (χ1v) is 5.31. The third kappa shape index (κ3) is 1.45. The maximum atomic E-state index is 11.7. The number of carboxylic acid groups (broad SMARTS) is 1. The molecular formula is C13H8N2O3. The summed E-state index contributed by atoms with van der Waals surface area (Å²) < 4.78 is 0. The number of aromatic carboxylic acids is 1. The largest absolute Gasteiger partial charge is 0.477 e. The molecule has 0 atom stereocenters. The topological polar surface area (TPSA) is 83.0 Å². The summed E-state index contributed by atoms with van der Waals surface area (Å²) in [5.41, 5.74) is 0.497. The van der Waals surface area contributed by atoms with Gasteiger partial charge in [0, 0.05) is 11.6 Å². The molecule has 88 valence electrons. The van der Waals surface area contributed by atoms with Crippen molar-refractivity contribution in [3.05, 3.63) is 52.4 Å². The van der Waals surface area contributed by atoms with Crippen molar-refractivity contribution in [3.63, 3.8) is 0 Å².